The Labute approximate surface area is 219 Å². The molecule has 0 aromatic heterocycles. The van der Waals surface area contributed by atoms with Gasteiger partial charge in [0, 0.05) is 30.8 Å². The van der Waals surface area contributed by atoms with Crippen molar-refractivity contribution < 1.29 is 31.5 Å². The van der Waals surface area contributed by atoms with Crippen LogP contribution in [-0.4, -0.2) is 82.2 Å². The number of amides is 1. The minimum absolute atomic E-state index is 0.0524. The molecule has 0 saturated carbocycles. The van der Waals surface area contributed by atoms with Gasteiger partial charge in [-0.1, -0.05) is 24.6 Å². The molecular weight excluding hydrogens is 518 g/mol. The number of fused-ring (bicyclic) bond motifs is 1. The number of hydrogen-bond acceptors (Lipinski definition) is 7. The van der Waals surface area contributed by atoms with Gasteiger partial charge < -0.3 is 14.7 Å². The van der Waals surface area contributed by atoms with Gasteiger partial charge in [0.1, 0.15) is 11.9 Å². The van der Waals surface area contributed by atoms with Crippen LogP contribution in [0.15, 0.2) is 47.4 Å². The Kier molecular flexibility index (Phi) is 8.89. The van der Waals surface area contributed by atoms with Gasteiger partial charge in [-0.2, -0.15) is 0 Å². The molecule has 0 fully saturated rings. The minimum atomic E-state index is -3.87. The maximum absolute atomic E-state index is 13.3. The Morgan fingerprint density at radius 1 is 1.16 bits per heavy atom. The maximum Gasteiger partial charge on any atom is 0.261 e. The van der Waals surface area contributed by atoms with Crippen molar-refractivity contribution in [2.45, 2.75) is 44.2 Å². The summed E-state index contributed by atoms with van der Waals surface area (Å²) < 4.78 is 60.0. The molecule has 204 valence electrons. The molecule has 1 aliphatic heterocycles. The van der Waals surface area contributed by atoms with Gasteiger partial charge in [-0.05, 0) is 44.2 Å². The molecule has 0 aliphatic carbocycles. The third-order valence-electron chi connectivity index (χ3n) is 6.50. The van der Waals surface area contributed by atoms with Gasteiger partial charge in [0.05, 0.1) is 36.8 Å². The highest BCUT2D eigenvalue weighted by Crippen LogP contribution is 2.30. The normalized spacial score (nSPS) is 19.9. The van der Waals surface area contributed by atoms with Crippen molar-refractivity contribution in [3.05, 3.63) is 53.6 Å². The Balaban J connectivity index is 1.99. The van der Waals surface area contributed by atoms with E-state index < -0.39 is 32.2 Å². The quantitative estimate of drug-likeness (QED) is 0.510. The zero-order valence-electron chi connectivity index (χ0n) is 21.7. The molecule has 0 spiro atoms. The lowest BCUT2D eigenvalue weighted by molar-refractivity contribution is -0.134. The molecule has 1 amide bonds. The molecule has 3 rings (SSSR count). The van der Waals surface area contributed by atoms with Gasteiger partial charge in [0.25, 0.3) is 10.0 Å². The van der Waals surface area contributed by atoms with E-state index in [9.17, 15) is 26.7 Å². The molecule has 0 radical (unpaired) electrons. The summed E-state index contributed by atoms with van der Waals surface area (Å²) in [4.78, 5) is 14.9. The molecule has 0 unspecified atom stereocenters. The number of nitrogens with one attached hydrogen (secondary N) is 1. The van der Waals surface area contributed by atoms with E-state index in [-0.39, 0.29) is 48.5 Å². The molecule has 0 saturated heterocycles. The van der Waals surface area contributed by atoms with Crippen LogP contribution in [-0.2, 0) is 31.3 Å². The van der Waals surface area contributed by atoms with E-state index in [0.717, 1.165) is 11.8 Å². The van der Waals surface area contributed by atoms with Crippen LogP contribution in [0.5, 0.6) is 5.75 Å². The van der Waals surface area contributed by atoms with Crippen LogP contribution in [0.25, 0.3) is 0 Å². The summed E-state index contributed by atoms with van der Waals surface area (Å²) in [5.41, 5.74) is 1.64. The summed E-state index contributed by atoms with van der Waals surface area (Å²) in [7, 11) is -5.89. The summed E-state index contributed by atoms with van der Waals surface area (Å²) in [5.74, 6) is -0.161. The molecule has 1 aliphatic rings. The first-order chi connectivity index (χ1) is 17.2. The molecule has 2 aromatic rings. The third-order valence-corrected chi connectivity index (χ3v) is 9.18. The Bertz CT molecular complexity index is 1330. The topological polar surface area (TPSA) is 133 Å². The molecule has 12 heteroatoms. The number of anilines is 1. The van der Waals surface area contributed by atoms with Crippen LogP contribution >= 0.6 is 0 Å². The van der Waals surface area contributed by atoms with Gasteiger partial charge in [0.15, 0.2) is 0 Å². The highest BCUT2D eigenvalue weighted by molar-refractivity contribution is 7.92. The third kappa shape index (κ3) is 7.22. The van der Waals surface area contributed by atoms with E-state index in [4.69, 9.17) is 4.74 Å². The average molecular weight is 554 g/mol. The SMILES string of the molecule is Cc1ccc(S(=O)(=O)Nc2ccc3c(c2)CC(=O)N([C@@H](C)CO)C[C@H](C)[C@H](CN(C)S(C)(=O)=O)O3)cc1. The first kappa shape index (κ1) is 28.9. The van der Waals surface area contributed by atoms with E-state index in [1.165, 1.54) is 23.5 Å². The van der Waals surface area contributed by atoms with E-state index >= 15 is 0 Å². The van der Waals surface area contributed by atoms with E-state index in [1.54, 1.807) is 42.2 Å². The van der Waals surface area contributed by atoms with Crippen LogP contribution in [0.1, 0.15) is 25.0 Å². The Morgan fingerprint density at radius 3 is 2.41 bits per heavy atom. The maximum atomic E-state index is 13.3. The van der Waals surface area contributed by atoms with Crippen LogP contribution in [0, 0.1) is 12.8 Å². The number of ether oxygens (including phenoxy) is 1. The molecule has 10 nitrogen and oxygen atoms in total. The lowest BCUT2D eigenvalue weighted by Crippen LogP contribution is -2.48. The van der Waals surface area contributed by atoms with Crippen molar-refractivity contribution in [2.24, 2.45) is 5.92 Å². The zero-order chi connectivity index (χ0) is 27.5. The molecule has 1 heterocycles. The van der Waals surface area contributed by atoms with Crippen LogP contribution in [0.3, 0.4) is 0 Å². The summed E-state index contributed by atoms with van der Waals surface area (Å²) in [6.07, 6.45) is 0.422. The zero-order valence-corrected chi connectivity index (χ0v) is 23.3. The van der Waals surface area contributed by atoms with E-state index in [2.05, 4.69) is 4.72 Å². The minimum Gasteiger partial charge on any atom is -0.488 e. The number of sulfonamides is 2. The summed E-state index contributed by atoms with van der Waals surface area (Å²) in [6.45, 7) is 5.52. The smallest absolute Gasteiger partial charge is 0.261 e. The van der Waals surface area contributed by atoms with Crippen LogP contribution < -0.4 is 9.46 Å². The summed E-state index contributed by atoms with van der Waals surface area (Å²) in [6, 6.07) is 10.7. The second kappa shape index (κ2) is 11.4. The first-order valence-corrected chi connectivity index (χ1v) is 15.2. The fourth-order valence-corrected chi connectivity index (χ4v) is 5.50. The van der Waals surface area contributed by atoms with Crippen molar-refractivity contribution >= 4 is 31.6 Å². The van der Waals surface area contributed by atoms with Crippen LogP contribution in [0.2, 0.25) is 0 Å². The molecule has 3 atom stereocenters. The number of rotatable bonds is 8. The predicted octanol–water partition coefficient (Wildman–Crippen LogP) is 1.84. The summed E-state index contributed by atoms with van der Waals surface area (Å²) in [5, 5.41) is 9.74. The first-order valence-electron chi connectivity index (χ1n) is 11.9. The van der Waals surface area contributed by atoms with Crippen molar-refractivity contribution in [1.29, 1.82) is 0 Å². The van der Waals surface area contributed by atoms with Gasteiger partial charge in [0.2, 0.25) is 15.9 Å². The second-order valence-corrected chi connectivity index (χ2v) is 13.4. The number of aliphatic hydroxyl groups excluding tert-OH is 1. The number of carbonyl (C=O) groups is 1. The van der Waals surface area contributed by atoms with Crippen molar-refractivity contribution in [3.63, 3.8) is 0 Å². The highest BCUT2D eigenvalue weighted by Gasteiger charge is 2.32. The van der Waals surface area contributed by atoms with Crippen molar-refractivity contribution in [3.8, 4) is 5.75 Å². The Hall–Kier alpha value is -2.67. The fraction of sp³-hybridized carbons (Fsp3) is 0.480. The van der Waals surface area contributed by atoms with Gasteiger partial charge in [-0.25, -0.2) is 21.1 Å². The number of aliphatic hydroxyl groups is 1. The number of hydrogen-bond donors (Lipinski definition) is 2. The number of likely N-dealkylation sites (N-methyl/N-ethyl adjacent to an activating group) is 1. The predicted molar refractivity (Wildman–Crippen MR) is 141 cm³/mol. The number of carbonyl (C=O) groups excluding carboxylic acids is 1. The lowest BCUT2D eigenvalue weighted by atomic mass is 10.0. The van der Waals surface area contributed by atoms with E-state index in [1.807, 2.05) is 13.8 Å². The monoisotopic (exact) mass is 553 g/mol. The lowest BCUT2D eigenvalue weighted by Gasteiger charge is -2.33. The molecular formula is C25H35N3O7S2. The largest absolute Gasteiger partial charge is 0.488 e. The van der Waals surface area contributed by atoms with Gasteiger partial charge in [-0.3, -0.25) is 9.52 Å². The number of aryl methyl sites for hydroxylation is 1. The molecule has 0 bridgehead atoms. The van der Waals surface area contributed by atoms with Gasteiger partial charge in [-0.15, -0.1) is 0 Å². The molecule has 2 N–H and O–H groups in total. The Morgan fingerprint density at radius 2 is 1.81 bits per heavy atom. The molecule has 2 aromatic carbocycles. The fourth-order valence-electron chi connectivity index (χ4n) is 4.03. The molecule has 37 heavy (non-hydrogen) atoms. The van der Waals surface area contributed by atoms with Gasteiger partial charge >= 0.3 is 0 Å². The summed E-state index contributed by atoms with van der Waals surface area (Å²) >= 11 is 0. The number of nitrogens with zero attached hydrogens (tertiary/aromatic N) is 2. The average Bonchev–Trinajstić information content (AvgIpc) is 2.86. The van der Waals surface area contributed by atoms with Crippen LogP contribution in [0.4, 0.5) is 5.69 Å². The highest BCUT2D eigenvalue weighted by atomic mass is 32.2. The van der Waals surface area contributed by atoms with Crippen molar-refractivity contribution in [2.75, 3.05) is 37.7 Å². The standard InChI is InChI=1S/C25H35N3O7S2/c1-17-6-9-22(10-7-17)37(33,34)26-21-8-11-23-20(12-21)13-25(30)28(19(3)16-29)14-18(2)24(35-23)15-27(4)36(5,31)32/h6-12,18-19,24,26,29H,13-16H2,1-5H3/t18-,19-,24-/m0/s1. The van der Waals surface area contributed by atoms with E-state index in [0.29, 0.717) is 11.3 Å². The number of benzene rings is 2. The second-order valence-electron chi connectivity index (χ2n) is 9.67. The van der Waals surface area contributed by atoms with Crippen molar-refractivity contribution in [1.82, 2.24) is 9.21 Å².